The molecule has 0 aliphatic heterocycles. The summed E-state index contributed by atoms with van der Waals surface area (Å²) in [6.07, 6.45) is 1.55. The van der Waals surface area contributed by atoms with Crippen LogP contribution in [-0.2, 0) is 4.79 Å². The summed E-state index contributed by atoms with van der Waals surface area (Å²) in [6, 6.07) is 0. The van der Waals surface area contributed by atoms with E-state index in [1.165, 1.54) is 22.2 Å². The van der Waals surface area contributed by atoms with Gasteiger partial charge in [0.25, 0.3) is 0 Å². The van der Waals surface area contributed by atoms with Crippen molar-refractivity contribution in [1.29, 1.82) is 0 Å². The Labute approximate surface area is 120 Å². The van der Waals surface area contributed by atoms with E-state index in [2.05, 4.69) is 23.8 Å². The molecule has 0 radical (unpaired) electrons. The molecule has 0 atom stereocenters. The molecule has 4 nitrogen and oxygen atoms in total. The van der Waals surface area contributed by atoms with Crippen molar-refractivity contribution in [1.82, 2.24) is 9.97 Å². The third-order valence-corrected chi connectivity index (χ3v) is 5.64. The summed E-state index contributed by atoms with van der Waals surface area (Å²) in [5, 5.41) is 11.1. The molecule has 0 bridgehead atoms. The zero-order valence-corrected chi connectivity index (χ0v) is 13.0. The van der Waals surface area contributed by atoms with Gasteiger partial charge in [-0.1, -0.05) is 0 Å². The smallest absolute Gasteiger partial charge is 0.309 e. The van der Waals surface area contributed by atoms with E-state index in [-0.39, 0.29) is 0 Å². The molecule has 0 aromatic carbocycles. The monoisotopic (exact) mass is 296 g/mol. The van der Waals surface area contributed by atoms with Crippen LogP contribution in [0.3, 0.4) is 0 Å². The zero-order valence-electron chi connectivity index (χ0n) is 11.4. The fourth-order valence-corrected chi connectivity index (χ4v) is 3.77. The lowest BCUT2D eigenvalue weighted by Crippen LogP contribution is -2.26. The molecule has 2 aromatic heterocycles. The topological polar surface area (TPSA) is 63.1 Å². The van der Waals surface area contributed by atoms with Crippen molar-refractivity contribution >= 4 is 39.3 Å². The number of carbonyl (C=O) groups is 1. The highest BCUT2D eigenvalue weighted by Gasteiger charge is 2.28. The van der Waals surface area contributed by atoms with Crippen LogP contribution in [-0.4, -0.2) is 26.8 Å². The van der Waals surface area contributed by atoms with Crippen molar-refractivity contribution in [3.63, 3.8) is 0 Å². The number of thioether (sulfide) groups is 1. The lowest BCUT2D eigenvalue weighted by molar-refractivity contribution is -0.145. The standard InChI is InChI=1S/C13H16N2O2S2/c1-7-8(2)19-11-9(7)10(14-6-15-11)18-5-13(3,4)12(16)17/h6H,5H2,1-4H3,(H,16,17). The molecule has 19 heavy (non-hydrogen) atoms. The van der Waals surface area contributed by atoms with Gasteiger partial charge in [-0.05, 0) is 33.3 Å². The second kappa shape index (κ2) is 5.09. The molecule has 6 heteroatoms. The summed E-state index contributed by atoms with van der Waals surface area (Å²) in [6.45, 7) is 7.58. The molecule has 1 N–H and O–H groups in total. The summed E-state index contributed by atoms with van der Waals surface area (Å²) < 4.78 is 0. The molecule has 0 aliphatic carbocycles. The van der Waals surface area contributed by atoms with E-state index in [9.17, 15) is 4.79 Å². The second-order valence-corrected chi connectivity index (χ2v) is 7.29. The fraction of sp³-hybridized carbons (Fsp3) is 0.462. The number of rotatable bonds is 4. The number of thiophene rings is 1. The van der Waals surface area contributed by atoms with Gasteiger partial charge >= 0.3 is 5.97 Å². The van der Waals surface area contributed by atoms with Gasteiger partial charge in [-0.3, -0.25) is 4.79 Å². The summed E-state index contributed by atoms with van der Waals surface area (Å²) >= 11 is 3.14. The number of nitrogens with zero attached hydrogens (tertiary/aromatic N) is 2. The number of hydrogen-bond acceptors (Lipinski definition) is 5. The van der Waals surface area contributed by atoms with E-state index in [0.29, 0.717) is 5.75 Å². The Morgan fingerprint density at radius 3 is 2.74 bits per heavy atom. The van der Waals surface area contributed by atoms with Crippen LogP contribution in [0.25, 0.3) is 10.2 Å². The largest absolute Gasteiger partial charge is 0.481 e. The van der Waals surface area contributed by atoms with Crippen LogP contribution in [0, 0.1) is 19.3 Å². The van der Waals surface area contributed by atoms with Gasteiger partial charge in [-0.15, -0.1) is 23.1 Å². The number of aliphatic carboxylic acids is 1. The number of fused-ring (bicyclic) bond motifs is 1. The molecular weight excluding hydrogens is 280 g/mol. The van der Waals surface area contributed by atoms with Crippen LogP contribution >= 0.6 is 23.1 Å². The number of aryl methyl sites for hydroxylation is 2. The lowest BCUT2D eigenvalue weighted by atomic mass is 9.97. The molecule has 2 rings (SSSR count). The Morgan fingerprint density at radius 1 is 1.42 bits per heavy atom. The lowest BCUT2D eigenvalue weighted by Gasteiger charge is -2.18. The van der Waals surface area contributed by atoms with Gasteiger partial charge in [-0.2, -0.15) is 0 Å². The van der Waals surface area contributed by atoms with Gasteiger partial charge < -0.3 is 5.11 Å². The van der Waals surface area contributed by atoms with Gasteiger partial charge in [0.2, 0.25) is 0 Å². The van der Waals surface area contributed by atoms with Gasteiger partial charge in [-0.25, -0.2) is 9.97 Å². The molecule has 0 unspecified atom stereocenters. The van der Waals surface area contributed by atoms with Gasteiger partial charge in [0.15, 0.2) is 0 Å². The number of aromatic nitrogens is 2. The molecule has 2 heterocycles. The van der Waals surface area contributed by atoms with E-state index in [1.807, 2.05) is 0 Å². The summed E-state index contributed by atoms with van der Waals surface area (Å²) in [4.78, 5) is 21.9. The first-order chi connectivity index (χ1) is 8.83. The highest BCUT2D eigenvalue weighted by molar-refractivity contribution is 7.99. The van der Waals surface area contributed by atoms with Crippen LogP contribution in [0.4, 0.5) is 0 Å². The first kappa shape index (κ1) is 14.3. The molecule has 0 amide bonds. The summed E-state index contributed by atoms with van der Waals surface area (Å²) in [7, 11) is 0. The maximum absolute atomic E-state index is 11.1. The van der Waals surface area contributed by atoms with Crippen molar-refractivity contribution in [3.8, 4) is 0 Å². The first-order valence-electron chi connectivity index (χ1n) is 5.90. The van der Waals surface area contributed by atoms with Crippen LogP contribution < -0.4 is 0 Å². The third-order valence-electron chi connectivity index (χ3n) is 3.08. The molecule has 0 saturated carbocycles. The predicted molar refractivity (Wildman–Crippen MR) is 79.0 cm³/mol. The van der Waals surface area contributed by atoms with Crippen LogP contribution in [0.5, 0.6) is 0 Å². The van der Waals surface area contributed by atoms with Gasteiger partial charge in [0.1, 0.15) is 16.2 Å². The van der Waals surface area contributed by atoms with E-state index >= 15 is 0 Å². The summed E-state index contributed by atoms with van der Waals surface area (Å²) in [5.74, 6) is -0.300. The molecule has 0 saturated heterocycles. The number of carboxylic acids is 1. The molecule has 2 aromatic rings. The van der Waals surface area contributed by atoms with Crippen molar-refractivity contribution in [2.24, 2.45) is 5.41 Å². The average Bonchev–Trinajstić information content (AvgIpc) is 2.63. The molecule has 0 aliphatic rings. The molecule has 0 fully saturated rings. The Kier molecular flexibility index (Phi) is 3.82. The Balaban J connectivity index is 2.34. The van der Waals surface area contributed by atoms with E-state index < -0.39 is 11.4 Å². The van der Waals surface area contributed by atoms with Crippen molar-refractivity contribution in [2.45, 2.75) is 32.7 Å². The van der Waals surface area contributed by atoms with Gasteiger partial charge in [0.05, 0.1) is 5.41 Å². The Hall–Kier alpha value is -1.14. The highest BCUT2D eigenvalue weighted by atomic mass is 32.2. The third kappa shape index (κ3) is 2.74. The van der Waals surface area contributed by atoms with Crippen molar-refractivity contribution in [3.05, 3.63) is 16.8 Å². The molecular formula is C13H16N2O2S2. The normalized spacial score (nSPS) is 12.0. The van der Waals surface area contributed by atoms with Crippen molar-refractivity contribution < 1.29 is 9.90 Å². The van der Waals surface area contributed by atoms with E-state index in [1.54, 1.807) is 31.5 Å². The number of hydrogen-bond donors (Lipinski definition) is 1. The Morgan fingerprint density at radius 2 is 2.11 bits per heavy atom. The minimum Gasteiger partial charge on any atom is -0.481 e. The van der Waals surface area contributed by atoms with E-state index in [4.69, 9.17) is 5.11 Å². The van der Waals surface area contributed by atoms with Crippen LogP contribution in [0.1, 0.15) is 24.3 Å². The van der Waals surface area contributed by atoms with Crippen molar-refractivity contribution in [2.75, 3.05) is 5.75 Å². The quantitative estimate of drug-likeness (QED) is 0.691. The fourth-order valence-electron chi connectivity index (χ4n) is 1.57. The van der Waals surface area contributed by atoms with E-state index in [0.717, 1.165) is 15.2 Å². The maximum atomic E-state index is 11.1. The van der Waals surface area contributed by atoms with Crippen LogP contribution in [0.15, 0.2) is 11.4 Å². The zero-order chi connectivity index (χ0) is 14.2. The van der Waals surface area contributed by atoms with Crippen LogP contribution in [0.2, 0.25) is 0 Å². The Bertz CT molecular complexity index is 635. The molecule has 0 spiro atoms. The highest BCUT2D eigenvalue weighted by Crippen LogP contribution is 2.36. The SMILES string of the molecule is Cc1sc2ncnc(SCC(C)(C)C(=O)O)c2c1C. The maximum Gasteiger partial charge on any atom is 0.309 e. The average molecular weight is 296 g/mol. The minimum absolute atomic E-state index is 0.489. The first-order valence-corrected chi connectivity index (χ1v) is 7.70. The minimum atomic E-state index is -0.788. The van der Waals surface area contributed by atoms with Gasteiger partial charge in [0, 0.05) is 16.0 Å². The summed E-state index contributed by atoms with van der Waals surface area (Å²) in [5.41, 5.74) is 0.428. The second-order valence-electron chi connectivity index (χ2n) is 5.12. The molecule has 102 valence electrons. The predicted octanol–water partition coefficient (Wildman–Crippen LogP) is 3.51. The number of carboxylic acid groups (broad SMARTS) is 1.